The van der Waals surface area contributed by atoms with Crippen LogP contribution < -0.4 is 10.1 Å². The van der Waals surface area contributed by atoms with Crippen LogP contribution in [-0.2, 0) is 24.3 Å². The number of carbonyl (C=O) groups is 1. The standard InChI is InChI=1S/C20H18ClN3O2/c21-17-6-7-18-16(10-17)11-19(26-18)20(25)22-12-14-2-4-15(5-3-14)13-24-9-1-8-23-24/h1-10,19H,11-13H2,(H,22,25)/t19-/m1/s1. The van der Waals surface area contributed by atoms with E-state index in [1.807, 2.05) is 53.3 Å². The first-order valence-corrected chi connectivity index (χ1v) is 8.83. The van der Waals surface area contributed by atoms with Crippen LogP contribution in [0, 0.1) is 0 Å². The lowest BCUT2D eigenvalue weighted by molar-refractivity contribution is -0.127. The predicted molar refractivity (Wildman–Crippen MR) is 99.2 cm³/mol. The molecule has 1 aliphatic heterocycles. The number of fused-ring (bicyclic) bond motifs is 1. The van der Waals surface area contributed by atoms with Gasteiger partial charge in [-0.2, -0.15) is 5.10 Å². The molecule has 0 aliphatic carbocycles. The van der Waals surface area contributed by atoms with Crippen LogP contribution in [0.1, 0.15) is 16.7 Å². The van der Waals surface area contributed by atoms with E-state index in [2.05, 4.69) is 10.4 Å². The molecule has 4 rings (SSSR count). The first-order chi connectivity index (χ1) is 12.7. The van der Waals surface area contributed by atoms with Crippen LogP contribution in [0.5, 0.6) is 5.75 Å². The summed E-state index contributed by atoms with van der Waals surface area (Å²) in [6.07, 6.45) is 3.75. The fourth-order valence-corrected chi connectivity index (χ4v) is 3.20. The fourth-order valence-electron chi connectivity index (χ4n) is 3.01. The minimum Gasteiger partial charge on any atom is -0.480 e. The van der Waals surface area contributed by atoms with Crippen molar-refractivity contribution in [3.8, 4) is 5.75 Å². The normalized spacial score (nSPS) is 15.3. The molecule has 0 fully saturated rings. The molecular formula is C20H18ClN3O2. The summed E-state index contributed by atoms with van der Waals surface area (Å²) < 4.78 is 7.58. The van der Waals surface area contributed by atoms with E-state index < -0.39 is 6.10 Å². The van der Waals surface area contributed by atoms with E-state index in [4.69, 9.17) is 16.3 Å². The van der Waals surface area contributed by atoms with Gasteiger partial charge in [-0.25, -0.2) is 0 Å². The second-order valence-corrected chi connectivity index (χ2v) is 6.74. The topological polar surface area (TPSA) is 56.2 Å². The van der Waals surface area contributed by atoms with Gasteiger partial charge in [0.2, 0.25) is 0 Å². The summed E-state index contributed by atoms with van der Waals surface area (Å²) in [5.74, 6) is 0.621. The Morgan fingerprint density at radius 3 is 2.81 bits per heavy atom. The Morgan fingerprint density at radius 2 is 2.04 bits per heavy atom. The summed E-state index contributed by atoms with van der Waals surface area (Å²) >= 11 is 5.99. The number of nitrogens with zero attached hydrogens (tertiary/aromatic N) is 2. The van der Waals surface area contributed by atoms with E-state index in [-0.39, 0.29) is 5.91 Å². The van der Waals surface area contributed by atoms with Crippen LogP contribution in [0.15, 0.2) is 60.9 Å². The third kappa shape index (κ3) is 3.73. The maximum absolute atomic E-state index is 12.4. The van der Waals surface area contributed by atoms with Gasteiger partial charge in [-0.05, 0) is 41.0 Å². The van der Waals surface area contributed by atoms with Crippen LogP contribution in [-0.4, -0.2) is 21.8 Å². The minimum absolute atomic E-state index is 0.113. The zero-order chi connectivity index (χ0) is 17.9. The summed E-state index contributed by atoms with van der Waals surface area (Å²) in [4.78, 5) is 12.4. The van der Waals surface area contributed by atoms with Crippen molar-refractivity contribution in [2.24, 2.45) is 0 Å². The maximum atomic E-state index is 12.4. The molecule has 0 unspecified atom stereocenters. The van der Waals surface area contributed by atoms with Crippen LogP contribution in [0.4, 0.5) is 0 Å². The largest absolute Gasteiger partial charge is 0.480 e. The number of ether oxygens (including phenoxy) is 1. The lowest BCUT2D eigenvalue weighted by atomic mass is 10.1. The molecule has 6 heteroatoms. The molecule has 0 bridgehead atoms. The van der Waals surface area contributed by atoms with Gasteiger partial charge in [0.25, 0.3) is 5.91 Å². The highest BCUT2D eigenvalue weighted by Crippen LogP contribution is 2.31. The van der Waals surface area contributed by atoms with E-state index in [1.165, 1.54) is 0 Å². The van der Waals surface area contributed by atoms with Gasteiger partial charge >= 0.3 is 0 Å². The average Bonchev–Trinajstić information content (AvgIpc) is 3.30. The molecule has 3 aromatic rings. The number of hydrogen-bond donors (Lipinski definition) is 1. The van der Waals surface area contributed by atoms with Gasteiger partial charge < -0.3 is 10.1 Å². The highest BCUT2D eigenvalue weighted by Gasteiger charge is 2.28. The van der Waals surface area contributed by atoms with Crippen molar-refractivity contribution >= 4 is 17.5 Å². The van der Waals surface area contributed by atoms with Crippen LogP contribution >= 0.6 is 11.6 Å². The van der Waals surface area contributed by atoms with E-state index >= 15 is 0 Å². The van der Waals surface area contributed by atoms with Crippen LogP contribution in [0.3, 0.4) is 0 Å². The van der Waals surface area contributed by atoms with Gasteiger partial charge in [-0.3, -0.25) is 9.48 Å². The zero-order valence-corrected chi connectivity index (χ0v) is 14.8. The molecule has 1 aliphatic rings. The molecule has 0 radical (unpaired) electrons. The lowest BCUT2D eigenvalue weighted by Gasteiger charge is -2.11. The molecule has 1 amide bonds. The summed E-state index contributed by atoms with van der Waals surface area (Å²) in [6.45, 7) is 1.20. The van der Waals surface area contributed by atoms with Gasteiger partial charge in [0.15, 0.2) is 6.10 Å². The Labute approximate surface area is 156 Å². The van der Waals surface area contributed by atoms with E-state index in [0.29, 0.717) is 18.0 Å². The summed E-state index contributed by atoms with van der Waals surface area (Å²) in [7, 11) is 0. The molecule has 2 aromatic carbocycles. The summed E-state index contributed by atoms with van der Waals surface area (Å²) in [5, 5.41) is 7.79. The molecule has 26 heavy (non-hydrogen) atoms. The number of nitrogens with one attached hydrogen (secondary N) is 1. The van der Waals surface area contributed by atoms with Crippen molar-refractivity contribution < 1.29 is 9.53 Å². The van der Waals surface area contributed by atoms with Crippen molar-refractivity contribution in [2.45, 2.75) is 25.6 Å². The first-order valence-electron chi connectivity index (χ1n) is 8.45. The second kappa shape index (κ2) is 7.22. The number of hydrogen-bond acceptors (Lipinski definition) is 3. The van der Waals surface area contributed by atoms with Crippen LogP contribution in [0.2, 0.25) is 5.02 Å². The van der Waals surface area contributed by atoms with E-state index in [9.17, 15) is 4.79 Å². The smallest absolute Gasteiger partial charge is 0.261 e. The first kappa shape index (κ1) is 16.7. The molecule has 1 atom stereocenters. The number of halogens is 1. The van der Waals surface area contributed by atoms with Gasteiger partial charge in [0.05, 0.1) is 6.54 Å². The van der Waals surface area contributed by atoms with Crippen molar-refractivity contribution in [3.63, 3.8) is 0 Å². The Bertz CT molecular complexity index is 907. The lowest BCUT2D eigenvalue weighted by Crippen LogP contribution is -2.37. The highest BCUT2D eigenvalue weighted by atomic mass is 35.5. The maximum Gasteiger partial charge on any atom is 0.261 e. The van der Waals surface area contributed by atoms with Crippen molar-refractivity contribution in [2.75, 3.05) is 0 Å². The molecular weight excluding hydrogens is 350 g/mol. The Hall–Kier alpha value is -2.79. The van der Waals surface area contributed by atoms with E-state index in [0.717, 1.165) is 29.0 Å². The minimum atomic E-state index is -0.498. The summed E-state index contributed by atoms with van der Waals surface area (Å²) in [6, 6.07) is 15.5. The molecule has 132 valence electrons. The van der Waals surface area contributed by atoms with Crippen molar-refractivity contribution in [3.05, 3.63) is 82.6 Å². The number of aromatic nitrogens is 2. The number of benzene rings is 2. The fraction of sp³-hybridized carbons (Fsp3) is 0.200. The van der Waals surface area contributed by atoms with Crippen molar-refractivity contribution in [1.82, 2.24) is 15.1 Å². The molecule has 5 nitrogen and oxygen atoms in total. The van der Waals surface area contributed by atoms with Crippen LogP contribution in [0.25, 0.3) is 0 Å². The van der Waals surface area contributed by atoms with Gasteiger partial charge in [-0.1, -0.05) is 35.9 Å². The monoisotopic (exact) mass is 367 g/mol. The van der Waals surface area contributed by atoms with Gasteiger partial charge in [0, 0.05) is 30.4 Å². The Kier molecular flexibility index (Phi) is 4.63. The second-order valence-electron chi connectivity index (χ2n) is 6.30. The summed E-state index contributed by atoms with van der Waals surface area (Å²) in [5.41, 5.74) is 3.18. The quantitative estimate of drug-likeness (QED) is 0.753. The van der Waals surface area contributed by atoms with Gasteiger partial charge in [0.1, 0.15) is 5.75 Å². The third-order valence-corrected chi connectivity index (χ3v) is 4.62. The molecule has 2 heterocycles. The van der Waals surface area contributed by atoms with Gasteiger partial charge in [-0.15, -0.1) is 0 Å². The number of rotatable bonds is 5. The molecule has 0 spiro atoms. The zero-order valence-electron chi connectivity index (χ0n) is 14.1. The molecule has 0 saturated carbocycles. The Balaban J connectivity index is 1.31. The predicted octanol–water partition coefficient (Wildman–Crippen LogP) is 3.20. The SMILES string of the molecule is O=C(NCc1ccc(Cn2cccn2)cc1)[C@H]1Cc2cc(Cl)ccc2O1. The molecule has 0 saturated heterocycles. The molecule has 1 aromatic heterocycles. The molecule has 1 N–H and O–H groups in total. The highest BCUT2D eigenvalue weighted by molar-refractivity contribution is 6.30. The van der Waals surface area contributed by atoms with E-state index in [1.54, 1.807) is 12.3 Å². The van der Waals surface area contributed by atoms with Crippen molar-refractivity contribution in [1.29, 1.82) is 0 Å². The Morgan fingerprint density at radius 1 is 1.23 bits per heavy atom. The number of carbonyl (C=O) groups excluding carboxylic acids is 1. The number of amides is 1. The third-order valence-electron chi connectivity index (χ3n) is 4.38. The average molecular weight is 368 g/mol.